The summed E-state index contributed by atoms with van der Waals surface area (Å²) in [5.74, 6) is 5.00. The molecule has 9 heteroatoms. The van der Waals surface area contributed by atoms with Gasteiger partial charge in [0.1, 0.15) is 10.5 Å². The van der Waals surface area contributed by atoms with Crippen molar-refractivity contribution in [2.45, 2.75) is 90.7 Å². The van der Waals surface area contributed by atoms with E-state index in [9.17, 15) is 19.5 Å². The molecule has 2 N–H and O–H groups in total. The number of carboxylic acid groups (broad SMARTS) is 1. The Balaban J connectivity index is 0.000000578. The Labute approximate surface area is 237 Å². The van der Waals surface area contributed by atoms with Crippen LogP contribution >= 0.6 is 11.3 Å². The van der Waals surface area contributed by atoms with Crippen molar-refractivity contribution in [3.05, 3.63) is 15.8 Å². The molecule has 2 aliphatic heterocycles. The van der Waals surface area contributed by atoms with Crippen LogP contribution in [-0.2, 0) is 9.53 Å². The minimum atomic E-state index is -1.11. The van der Waals surface area contributed by atoms with E-state index in [1.807, 2.05) is 27.7 Å². The largest absolute Gasteiger partial charge is 0.477 e. The molecule has 8 nitrogen and oxygen atoms in total. The van der Waals surface area contributed by atoms with Crippen LogP contribution in [0.15, 0.2) is 6.07 Å². The first-order valence-electron chi connectivity index (χ1n) is 13.7. The van der Waals surface area contributed by atoms with Crippen LogP contribution < -0.4 is 10.2 Å². The number of carboxylic acids is 1. The summed E-state index contributed by atoms with van der Waals surface area (Å²) in [6.07, 6.45) is 18.5. The van der Waals surface area contributed by atoms with E-state index in [2.05, 4.69) is 30.0 Å². The van der Waals surface area contributed by atoms with E-state index in [1.54, 1.807) is 11.0 Å². The second-order valence-corrected chi connectivity index (χ2v) is 12.4. The number of anilines is 1. The highest BCUT2D eigenvalue weighted by atomic mass is 32.1. The Morgan fingerprint density at radius 1 is 1.23 bits per heavy atom. The molecule has 3 fully saturated rings. The Morgan fingerprint density at radius 2 is 1.85 bits per heavy atom. The summed E-state index contributed by atoms with van der Waals surface area (Å²) in [6.45, 7) is 9.98. The topological polar surface area (TPSA) is 99.2 Å². The van der Waals surface area contributed by atoms with Gasteiger partial charge in [0.05, 0.1) is 16.6 Å². The predicted octanol–water partition coefficient (Wildman–Crippen LogP) is 5.36. The molecule has 2 unspecified atom stereocenters. The van der Waals surface area contributed by atoms with Gasteiger partial charge < -0.3 is 25.0 Å². The molecule has 1 saturated carbocycles. The van der Waals surface area contributed by atoms with Crippen molar-refractivity contribution in [3.8, 4) is 24.7 Å². The third-order valence-corrected chi connectivity index (χ3v) is 7.87. The zero-order chi connectivity index (χ0) is 29.1. The highest BCUT2D eigenvalue weighted by molar-refractivity contribution is 7.15. The first kappa shape index (κ1) is 32.2. The number of hydrogen-bond donors (Lipinski definition) is 2. The lowest BCUT2D eigenvalue weighted by molar-refractivity contribution is -0.107. The van der Waals surface area contributed by atoms with E-state index >= 15 is 0 Å². The Hall–Kier alpha value is -3.01. The minimum absolute atomic E-state index is 0.0656. The van der Waals surface area contributed by atoms with Crippen molar-refractivity contribution < 1.29 is 24.2 Å². The molecule has 39 heavy (non-hydrogen) atoms. The highest BCUT2D eigenvalue weighted by Gasteiger charge is 2.38. The lowest BCUT2D eigenvalue weighted by Crippen LogP contribution is -2.42. The smallest absolute Gasteiger partial charge is 0.410 e. The predicted molar refractivity (Wildman–Crippen MR) is 156 cm³/mol. The Morgan fingerprint density at radius 3 is 2.33 bits per heavy atom. The molecule has 0 bridgehead atoms. The van der Waals surface area contributed by atoms with Crippen molar-refractivity contribution in [2.75, 3.05) is 31.1 Å². The number of amides is 2. The summed E-state index contributed by atoms with van der Waals surface area (Å²) in [7, 11) is 0. The number of likely N-dealkylation sites (tertiary alicyclic amines) is 1. The zero-order valence-corrected chi connectivity index (χ0v) is 24.6. The van der Waals surface area contributed by atoms with Crippen molar-refractivity contribution >= 4 is 35.5 Å². The molecule has 0 radical (unpaired) electrons. The molecule has 1 aliphatic carbocycles. The maximum atomic E-state index is 12.6. The van der Waals surface area contributed by atoms with E-state index in [1.165, 1.54) is 43.4 Å². The third kappa shape index (κ3) is 9.91. The van der Waals surface area contributed by atoms with Crippen LogP contribution in [-0.4, -0.2) is 66.3 Å². The summed E-state index contributed by atoms with van der Waals surface area (Å²) in [5.41, 5.74) is -0.433. The molecule has 1 aromatic rings. The fraction of sp³-hybridized carbons (Fsp3) is 0.633. The number of hydrogen-bond acceptors (Lipinski definition) is 6. The van der Waals surface area contributed by atoms with E-state index in [0.29, 0.717) is 43.0 Å². The van der Waals surface area contributed by atoms with Crippen LogP contribution in [0.3, 0.4) is 0 Å². The van der Waals surface area contributed by atoms with Gasteiger partial charge in [-0.15, -0.1) is 24.2 Å². The number of terminal acetylenes is 1. The van der Waals surface area contributed by atoms with Gasteiger partial charge in [-0.05, 0) is 46.7 Å². The van der Waals surface area contributed by atoms with E-state index in [4.69, 9.17) is 4.74 Å². The number of nitrogens with one attached hydrogen (secondary N) is 1. The average Bonchev–Trinajstić information content (AvgIpc) is 3.66. The molecule has 2 saturated heterocycles. The lowest BCUT2D eigenvalue weighted by atomic mass is 9.98. The fourth-order valence-corrected chi connectivity index (χ4v) is 5.58. The van der Waals surface area contributed by atoms with Gasteiger partial charge in [0.15, 0.2) is 0 Å². The summed E-state index contributed by atoms with van der Waals surface area (Å²) in [6, 6.07) is 1.32. The van der Waals surface area contributed by atoms with Crippen LogP contribution in [0.1, 0.15) is 93.6 Å². The fourth-order valence-electron chi connectivity index (χ4n) is 4.73. The molecule has 3 aliphatic rings. The molecule has 4 rings (SSSR count). The van der Waals surface area contributed by atoms with Crippen molar-refractivity contribution in [3.63, 3.8) is 0 Å². The Bertz CT molecular complexity index is 1040. The number of rotatable bonds is 5. The molecule has 1 aromatic heterocycles. The summed E-state index contributed by atoms with van der Waals surface area (Å²) in [4.78, 5) is 40.0. The molecule has 2 atom stereocenters. The molecule has 0 aromatic carbocycles. The van der Waals surface area contributed by atoms with E-state index in [-0.39, 0.29) is 16.3 Å². The zero-order valence-electron chi connectivity index (χ0n) is 23.8. The van der Waals surface area contributed by atoms with Crippen LogP contribution in [0.2, 0.25) is 0 Å². The molecule has 2 amide bonds. The van der Waals surface area contributed by atoms with E-state index < -0.39 is 17.7 Å². The van der Waals surface area contributed by atoms with Crippen molar-refractivity contribution in [1.29, 1.82) is 0 Å². The van der Waals surface area contributed by atoms with Crippen LogP contribution in [0.4, 0.5) is 10.5 Å². The normalized spacial score (nSPS) is 22.2. The van der Waals surface area contributed by atoms with E-state index in [0.717, 1.165) is 24.3 Å². The standard InChI is InChI=1S/C22H29N3O5S.C6H12.C2H2/c1-21(2,3)7-5-16-11-17(18(31-16)19(27)28)25(14-26)15-6-10-24(12-15)20(29)30-22(4)8-9-23-13-22;1-2-4-6-5-3-1;1-2/h11,14-15,23H,6,8-10,12-13H2,1-4H3,(H,27,28);1-6H2;1-2H. The quantitative estimate of drug-likeness (QED) is 0.374. The molecule has 214 valence electrons. The average molecular weight is 558 g/mol. The monoisotopic (exact) mass is 557 g/mol. The van der Waals surface area contributed by atoms with Gasteiger partial charge in [-0.3, -0.25) is 4.79 Å². The van der Waals surface area contributed by atoms with Gasteiger partial charge in [-0.25, -0.2) is 9.59 Å². The summed E-state index contributed by atoms with van der Waals surface area (Å²) >= 11 is 1.05. The maximum Gasteiger partial charge on any atom is 0.410 e. The number of ether oxygens (including phenoxy) is 1. The van der Waals surface area contributed by atoms with Crippen LogP contribution in [0.25, 0.3) is 0 Å². The lowest BCUT2D eigenvalue weighted by Gasteiger charge is -2.28. The summed E-state index contributed by atoms with van der Waals surface area (Å²) < 4.78 is 5.69. The second kappa shape index (κ2) is 15.0. The first-order valence-corrected chi connectivity index (χ1v) is 14.5. The maximum absolute atomic E-state index is 12.6. The number of thiophene rings is 1. The van der Waals surface area contributed by atoms with Gasteiger partial charge in [0, 0.05) is 31.5 Å². The number of aromatic carboxylic acids is 1. The molecular weight excluding hydrogens is 514 g/mol. The first-order chi connectivity index (χ1) is 18.5. The number of carbonyl (C=O) groups excluding carboxylic acids is 2. The van der Waals surface area contributed by atoms with Gasteiger partial charge in [0.25, 0.3) is 0 Å². The number of nitrogens with zero attached hydrogens (tertiary/aromatic N) is 2. The van der Waals surface area contributed by atoms with Crippen LogP contribution in [0.5, 0.6) is 0 Å². The summed E-state index contributed by atoms with van der Waals surface area (Å²) in [5, 5.41) is 12.8. The van der Waals surface area contributed by atoms with Crippen molar-refractivity contribution in [1.82, 2.24) is 10.2 Å². The molecular formula is C30H43N3O5S. The minimum Gasteiger partial charge on any atom is -0.477 e. The highest BCUT2D eigenvalue weighted by Crippen LogP contribution is 2.33. The van der Waals surface area contributed by atoms with Crippen LogP contribution in [0, 0.1) is 30.1 Å². The van der Waals surface area contributed by atoms with Gasteiger partial charge in [-0.1, -0.05) is 50.4 Å². The van der Waals surface area contributed by atoms with Gasteiger partial charge in [0.2, 0.25) is 6.41 Å². The number of carbonyl (C=O) groups is 3. The SMILES string of the molecule is C#C.C1CCCCC1.CC(C)(C)C#Cc1cc(N(C=O)C2CCN(C(=O)OC3(C)CCNC3)C2)c(C(=O)O)s1. The third-order valence-electron chi connectivity index (χ3n) is 6.84. The molecule has 0 spiro atoms. The molecule has 3 heterocycles. The van der Waals surface area contributed by atoms with Crippen molar-refractivity contribution in [2.24, 2.45) is 5.41 Å². The Kier molecular flexibility index (Phi) is 12.3. The second-order valence-electron chi connectivity index (χ2n) is 11.4. The van der Waals surface area contributed by atoms with Gasteiger partial charge in [-0.2, -0.15) is 0 Å². The van der Waals surface area contributed by atoms with Gasteiger partial charge >= 0.3 is 12.1 Å².